The standard InChI is InChI=1S/C13H18N2O3/c1-4-6-10-8-11(12(16)14-9(10)3)13(17)15-18-7-5-2/h5,8H,2,4,6-7H2,1,3H3,(H,14,16)(H,15,17). The molecule has 0 aliphatic rings. The first-order valence-corrected chi connectivity index (χ1v) is 5.86. The zero-order valence-corrected chi connectivity index (χ0v) is 10.7. The summed E-state index contributed by atoms with van der Waals surface area (Å²) in [4.78, 5) is 30.9. The van der Waals surface area contributed by atoms with E-state index >= 15 is 0 Å². The SMILES string of the molecule is C=CCONC(=O)c1cc(CCC)c(C)[nH]c1=O. The molecule has 0 saturated carbocycles. The number of aromatic amines is 1. The zero-order chi connectivity index (χ0) is 13.5. The summed E-state index contributed by atoms with van der Waals surface area (Å²) in [6.07, 6.45) is 3.26. The van der Waals surface area contributed by atoms with Crippen LogP contribution in [0.2, 0.25) is 0 Å². The van der Waals surface area contributed by atoms with Crippen LogP contribution >= 0.6 is 0 Å². The number of carbonyl (C=O) groups excluding carboxylic acids is 1. The monoisotopic (exact) mass is 250 g/mol. The number of H-pyrrole nitrogens is 1. The Morgan fingerprint density at radius 3 is 2.94 bits per heavy atom. The molecule has 0 fully saturated rings. The molecule has 0 atom stereocenters. The Morgan fingerprint density at radius 2 is 2.33 bits per heavy atom. The van der Waals surface area contributed by atoms with Crippen LogP contribution in [0.25, 0.3) is 0 Å². The molecule has 1 rings (SSSR count). The molecule has 5 heteroatoms. The van der Waals surface area contributed by atoms with E-state index in [1.54, 1.807) is 6.07 Å². The van der Waals surface area contributed by atoms with E-state index in [4.69, 9.17) is 4.84 Å². The summed E-state index contributed by atoms with van der Waals surface area (Å²) in [6, 6.07) is 1.62. The molecule has 1 aromatic rings. The van der Waals surface area contributed by atoms with E-state index in [0.717, 1.165) is 24.1 Å². The Bertz CT molecular complexity index is 491. The van der Waals surface area contributed by atoms with E-state index in [1.165, 1.54) is 6.08 Å². The average Bonchev–Trinajstić information content (AvgIpc) is 2.33. The van der Waals surface area contributed by atoms with Gasteiger partial charge < -0.3 is 4.98 Å². The number of hydroxylamine groups is 1. The van der Waals surface area contributed by atoms with Gasteiger partial charge in [0.15, 0.2) is 0 Å². The Hall–Kier alpha value is -1.88. The molecule has 0 radical (unpaired) electrons. The highest BCUT2D eigenvalue weighted by Gasteiger charge is 2.12. The van der Waals surface area contributed by atoms with Gasteiger partial charge >= 0.3 is 0 Å². The molecule has 98 valence electrons. The van der Waals surface area contributed by atoms with Gasteiger partial charge in [0.25, 0.3) is 11.5 Å². The minimum Gasteiger partial charge on any atom is -0.326 e. The highest BCUT2D eigenvalue weighted by molar-refractivity contribution is 5.93. The number of rotatable bonds is 6. The van der Waals surface area contributed by atoms with Crippen molar-refractivity contribution in [3.63, 3.8) is 0 Å². The Balaban J connectivity index is 2.93. The molecule has 1 aromatic heterocycles. The van der Waals surface area contributed by atoms with Gasteiger partial charge in [0.1, 0.15) is 5.56 Å². The molecule has 5 nitrogen and oxygen atoms in total. The van der Waals surface area contributed by atoms with Crippen LogP contribution in [0.1, 0.15) is 35.0 Å². The number of hydrogen-bond acceptors (Lipinski definition) is 3. The fourth-order valence-corrected chi connectivity index (χ4v) is 1.58. The first-order valence-electron chi connectivity index (χ1n) is 5.86. The van der Waals surface area contributed by atoms with Crippen LogP contribution in [-0.2, 0) is 11.3 Å². The summed E-state index contributed by atoms with van der Waals surface area (Å²) in [5.74, 6) is -0.546. The van der Waals surface area contributed by atoms with Crippen LogP contribution in [0.4, 0.5) is 0 Å². The predicted octanol–water partition coefficient (Wildman–Crippen LogP) is 1.48. The summed E-state index contributed by atoms with van der Waals surface area (Å²) in [5, 5.41) is 0. The van der Waals surface area contributed by atoms with Gasteiger partial charge in [-0.05, 0) is 25.0 Å². The maximum Gasteiger partial charge on any atom is 0.280 e. The third-order valence-corrected chi connectivity index (χ3v) is 2.48. The van der Waals surface area contributed by atoms with Crippen LogP contribution < -0.4 is 11.0 Å². The topological polar surface area (TPSA) is 71.2 Å². The third-order valence-electron chi connectivity index (χ3n) is 2.48. The van der Waals surface area contributed by atoms with E-state index < -0.39 is 11.5 Å². The molecule has 1 heterocycles. The third kappa shape index (κ3) is 3.56. The molecule has 2 N–H and O–H groups in total. The van der Waals surface area contributed by atoms with Crippen molar-refractivity contribution in [2.45, 2.75) is 26.7 Å². The molecule has 0 saturated heterocycles. The number of aromatic nitrogens is 1. The highest BCUT2D eigenvalue weighted by atomic mass is 16.6. The molecule has 0 spiro atoms. The Kier molecular flexibility index (Phi) is 5.32. The van der Waals surface area contributed by atoms with Gasteiger partial charge in [-0.15, -0.1) is 6.58 Å². The highest BCUT2D eigenvalue weighted by Crippen LogP contribution is 2.07. The van der Waals surface area contributed by atoms with Gasteiger partial charge in [-0.1, -0.05) is 19.4 Å². The van der Waals surface area contributed by atoms with Crippen molar-refractivity contribution >= 4 is 5.91 Å². The van der Waals surface area contributed by atoms with E-state index in [9.17, 15) is 9.59 Å². The number of nitrogens with one attached hydrogen (secondary N) is 2. The minimum absolute atomic E-state index is 0.0631. The van der Waals surface area contributed by atoms with Crippen molar-refractivity contribution in [2.24, 2.45) is 0 Å². The van der Waals surface area contributed by atoms with Gasteiger partial charge in [0.05, 0.1) is 6.61 Å². The lowest BCUT2D eigenvalue weighted by molar-refractivity contribution is 0.0420. The van der Waals surface area contributed by atoms with Gasteiger partial charge in [0, 0.05) is 5.69 Å². The van der Waals surface area contributed by atoms with Crippen molar-refractivity contribution in [2.75, 3.05) is 6.61 Å². The fourth-order valence-electron chi connectivity index (χ4n) is 1.58. The van der Waals surface area contributed by atoms with Crippen LogP contribution in [0.3, 0.4) is 0 Å². The van der Waals surface area contributed by atoms with E-state index in [2.05, 4.69) is 17.0 Å². The lowest BCUT2D eigenvalue weighted by atomic mass is 10.1. The van der Waals surface area contributed by atoms with Gasteiger partial charge in [0.2, 0.25) is 0 Å². The molecule has 0 aliphatic heterocycles. The number of carbonyl (C=O) groups is 1. The minimum atomic E-state index is -0.546. The van der Waals surface area contributed by atoms with E-state index in [-0.39, 0.29) is 12.2 Å². The fraction of sp³-hybridized carbons (Fsp3) is 0.385. The molecular formula is C13H18N2O3. The van der Waals surface area contributed by atoms with Crippen LogP contribution in [0.15, 0.2) is 23.5 Å². The summed E-state index contributed by atoms with van der Waals surface area (Å²) in [6.45, 7) is 7.51. The Morgan fingerprint density at radius 1 is 1.61 bits per heavy atom. The van der Waals surface area contributed by atoms with Crippen LogP contribution in [0.5, 0.6) is 0 Å². The zero-order valence-electron chi connectivity index (χ0n) is 10.7. The maximum absolute atomic E-state index is 11.7. The maximum atomic E-state index is 11.7. The number of pyridine rings is 1. The van der Waals surface area contributed by atoms with Crippen molar-refractivity contribution < 1.29 is 9.63 Å². The number of amides is 1. The molecule has 0 bridgehead atoms. The lowest BCUT2D eigenvalue weighted by Gasteiger charge is -2.08. The Labute approximate surface area is 106 Å². The largest absolute Gasteiger partial charge is 0.326 e. The van der Waals surface area contributed by atoms with Gasteiger partial charge in [-0.3, -0.25) is 14.4 Å². The second kappa shape index (κ2) is 6.76. The first-order chi connectivity index (χ1) is 8.60. The number of hydrogen-bond donors (Lipinski definition) is 2. The summed E-state index contributed by atoms with van der Waals surface area (Å²) < 4.78 is 0. The molecule has 18 heavy (non-hydrogen) atoms. The van der Waals surface area contributed by atoms with Crippen LogP contribution in [0, 0.1) is 6.92 Å². The van der Waals surface area contributed by atoms with E-state index in [1.807, 2.05) is 13.8 Å². The normalized spacial score (nSPS) is 10.1. The molecule has 0 unspecified atom stereocenters. The van der Waals surface area contributed by atoms with Gasteiger partial charge in [-0.2, -0.15) is 0 Å². The van der Waals surface area contributed by atoms with Crippen molar-refractivity contribution in [3.8, 4) is 0 Å². The van der Waals surface area contributed by atoms with Gasteiger partial charge in [-0.25, -0.2) is 5.48 Å². The molecule has 0 aromatic carbocycles. The van der Waals surface area contributed by atoms with Crippen LogP contribution in [-0.4, -0.2) is 17.5 Å². The quantitative estimate of drug-likeness (QED) is 0.456. The summed E-state index contributed by atoms with van der Waals surface area (Å²) in [5.41, 5.74) is 3.61. The van der Waals surface area contributed by atoms with Crippen molar-refractivity contribution in [3.05, 3.63) is 45.9 Å². The van der Waals surface area contributed by atoms with E-state index in [0.29, 0.717) is 0 Å². The predicted molar refractivity (Wildman–Crippen MR) is 69.4 cm³/mol. The summed E-state index contributed by atoms with van der Waals surface area (Å²) >= 11 is 0. The van der Waals surface area contributed by atoms with Crippen molar-refractivity contribution in [1.82, 2.24) is 10.5 Å². The smallest absolute Gasteiger partial charge is 0.280 e. The number of aryl methyl sites for hydroxylation is 2. The molecule has 1 amide bonds. The average molecular weight is 250 g/mol. The summed E-state index contributed by atoms with van der Waals surface area (Å²) in [7, 11) is 0. The van der Waals surface area contributed by atoms with Crippen molar-refractivity contribution in [1.29, 1.82) is 0 Å². The first kappa shape index (κ1) is 14.2. The second-order valence-corrected chi connectivity index (χ2v) is 3.94. The second-order valence-electron chi connectivity index (χ2n) is 3.94. The molecular weight excluding hydrogens is 232 g/mol. The lowest BCUT2D eigenvalue weighted by Crippen LogP contribution is -2.30. The molecule has 0 aliphatic carbocycles.